The monoisotopic (exact) mass is 333 g/mol. The third-order valence-corrected chi connectivity index (χ3v) is 3.60. The SMILES string of the molecule is Cn1cc(C(N)c2nc(-c3ccccc3Br)no2)cn1. The maximum absolute atomic E-state index is 6.10. The zero-order chi connectivity index (χ0) is 14.1. The largest absolute Gasteiger partial charge is 0.337 e. The van der Waals surface area contributed by atoms with E-state index in [0.29, 0.717) is 11.7 Å². The molecule has 0 radical (unpaired) electrons. The van der Waals surface area contributed by atoms with Crippen molar-refractivity contribution in [3.05, 3.63) is 52.6 Å². The van der Waals surface area contributed by atoms with Gasteiger partial charge >= 0.3 is 0 Å². The molecule has 3 rings (SSSR count). The summed E-state index contributed by atoms with van der Waals surface area (Å²) in [6.07, 6.45) is 3.51. The fourth-order valence-electron chi connectivity index (χ4n) is 1.86. The summed E-state index contributed by atoms with van der Waals surface area (Å²) >= 11 is 3.46. The standard InChI is InChI=1S/C13H12BrN5O/c1-19-7-8(6-16-19)11(15)13-17-12(18-20-13)9-4-2-3-5-10(9)14/h2-7,11H,15H2,1H3. The number of hydrogen-bond donors (Lipinski definition) is 1. The molecule has 0 amide bonds. The number of aromatic nitrogens is 4. The Kier molecular flexibility index (Phi) is 3.37. The van der Waals surface area contributed by atoms with E-state index >= 15 is 0 Å². The number of rotatable bonds is 3. The molecule has 0 aliphatic heterocycles. The molecule has 0 aliphatic carbocycles. The molecule has 0 bridgehead atoms. The lowest BCUT2D eigenvalue weighted by Gasteiger charge is -2.01. The van der Waals surface area contributed by atoms with Crippen molar-refractivity contribution in [2.24, 2.45) is 12.8 Å². The van der Waals surface area contributed by atoms with Gasteiger partial charge in [0, 0.05) is 28.8 Å². The molecule has 102 valence electrons. The van der Waals surface area contributed by atoms with Gasteiger partial charge in [0.25, 0.3) is 0 Å². The molecule has 0 fully saturated rings. The summed E-state index contributed by atoms with van der Waals surface area (Å²) in [7, 11) is 1.83. The normalized spacial score (nSPS) is 12.6. The lowest BCUT2D eigenvalue weighted by atomic mass is 10.2. The van der Waals surface area contributed by atoms with Crippen LogP contribution in [0.1, 0.15) is 17.5 Å². The smallest absolute Gasteiger partial charge is 0.248 e. The number of hydrogen-bond acceptors (Lipinski definition) is 5. The van der Waals surface area contributed by atoms with Gasteiger partial charge in [-0.05, 0) is 12.1 Å². The molecule has 1 unspecified atom stereocenters. The van der Waals surface area contributed by atoms with E-state index in [1.807, 2.05) is 37.5 Å². The summed E-state index contributed by atoms with van der Waals surface area (Å²) in [4.78, 5) is 4.36. The number of nitrogens with zero attached hydrogens (tertiary/aromatic N) is 4. The van der Waals surface area contributed by atoms with Crippen LogP contribution in [0, 0.1) is 0 Å². The molecule has 1 atom stereocenters. The van der Waals surface area contributed by atoms with E-state index in [9.17, 15) is 0 Å². The average Bonchev–Trinajstić information content (AvgIpc) is 3.07. The first-order valence-corrected chi connectivity index (χ1v) is 6.77. The second-order valence-corrected chi connectivity index (χ2v) is 5.22. The molecular formula is C13H12BrN5O. The van der Waals surface area contributed by atoms with Gasteiger partial charge in [0.05, 0.1) is 6.20 Å². The zero-order valence-electron chi connectivity index (χ0n) is 10.7. The number of benzene rings is 1. The highest BCUT2D eigenvalue weighted by Crippen LogP contribution is 2.27. The van der Waals surface area contributed by atoms with Gasteiger partial charge in [0.1, 0.15) is 6.04 Å². The molecular weight excluding hydrogens is 322 g/mol. The van der Waals surface area contributed by atoms with Crippen LogP contribution in [0.5, 0.6) is 0 Å². The van der Waals surface area contributed by atoms with E-state index in [0.717, 1.165) is 15.6 Å². The van der Waals surface area contributed by atoms with Gasteiger partial charge in [-0.1, -0.05) is 33.2 Å². The molecule has 2 heterocycles. The molecule has 0 spiro atoms. The molecule has 0 saturated carbocycles. The lowest BCUT2D eigenvalue weighted by Crippen LogP contribution is -2.11. The van der Waals surface area contributed by atoms with Crippen LogP contribution in [0.15, 0.2) is 45.7 Å². The van der Waals surface area contributed by atoms with Crippen LogP contribution in [-0.4, -0.2) is 19.9 Å². The Morgan fingerprint density at radius 3 is 2.85 bits per heavy atom. The topological polar surface area (TPSA) is 82.8 Å². The Hall–Kier alpha value is -1.99. The second-order valence-electron chi connectivity index (χ2n) is 4.36. The Morgan fingerprint density at radius 1 is 1.35 bits per heavy atom. The summed E-state index contributed by atoms with van der Waals surface area (Å²) in [6.45, 7) is 0. The molecule has 2 N–H and O–H groups in total. The highest BCUT2D eigenvalue weighted by molar-refractivity contribution is 9.10. The summed E-state index contributed by atoms with van der Waals surface area (Å²) in [5.41, 5.74) is 7.79. The lowest BCUT2D eigenvalue weighted by molar-refractivity contribution is 0.367. The third-order valence-electron chi connectivity index (χ3n) is 2.91. The Morgan fingerprint density at radius 2 is 2.15 bits per heavy atom. The Balaban J connectivity index is 1.93. The maximum atomic E-state index is 6.10. The average molecular weight is 334 g/mol. The minimum Gasteiger partial charge on any atom is -0.337 e. The van der Waals surface area contributed by atoms with Crippen LogP contribution in [0.4, 0.5) is 0 Å². The van der Waals surface area contributed by atoms with Crippen molar-refractivity contribution in [2.45, 2.75) is 6.04 Å². The molecule has 0 aliphatic rings. The number of halogens is 1. The van der Waals surface area contributed by atoms with E-state index in [1.54, 1.807) is 10.9 Å². The molecule has 7 heteroatoms. The third kappa shape index (κ3) is 2.37. The van der Waals surface area contributed by atoms with Gasteiger partial charge in [-0.15, -0.1) is 0 Å². The van der Waals surface area contributed by atoms with Crippen molar-refractivity contribution >= 4 is 15.9 Å². The van der Waals surface area contributed by atoms with Gasteiger partial charge in [0.15, 0.2) is 0 Å². The molecule has 0 saturated heterocycles. The van der Waals surface area contributed by atoms with Crippen molar-refractivity contribution in [3.8, 4) is 11.4 Å². The summed E-state index contributed by atoms with van der Waals surface area (Å²) in [6, 6.07) is 7.20. The van der Waals surface area contributed by atoms with Crippen molar-refractivity contribution in [1.29, 1.82) is 0 Å². The predicted octanol–water partition coefficient (Wildman–Crippen LogP) is 2.28. The van der Waals surface area contributed by atoms with E-state index in [4.69, 9.17) is 10.3 Å². The van der Waals surface area contributed by atoms with Crippen LogP contribution >= 0.6 is 15.9 Å². The first-order chi connectivity index (χ1) is 9.65. The Labute approximate surface area is 123 Å². The predicted molar refractivity (Wildman–Crippen MR) is 76.7 cm³/mol. The molecule has 3 aromatic rings. The quantitative estimate of drug-likeness (QED) is 0.794. The van der Waals surface area contributed by atoms with Gasteiger partial charge < -0.3 is 10.3 Å². The Bertz CT molecular complexity index is 736. The minimum absolute atomic E-state index is 0.365. The fourth-order valence-corrected chi connectivity index (χ4v) is 2.32. The van der Waals surface area contributed by atoms with E-state index in [-0.39, 0.29) is 0 Å². The van der Waals surface area contributed by atoms with Crippen LogP contribution in [0.3, 0.4) is 0 Å². The van der Waals surface area contributed by atoms with E-state index in [1.165, 1.54) is 0 Å². The van der Waals surface area contributed by atoms with Crippen molar-refractivity contribution in [2.75, 3.05) is 0 Å². The first kappa shape index (κ1) is 13.0. The maximum Gasteiger partial charge on any atom is 0.248 e. The number of aryl methyl sites for hydroxylation is 1. The number of nitrogens with two attached hydrogens (primary N) is 1. The first-order valence-electron chi connectivity index (χ1n) is 5.98. The molecule has 2 aromatic heterocycles. The van der Waals surface area contributed by atoms with Gasteiger partial charge in [-0.25, -0.2) is 0 Å². The summed E-state index contributed by atoms with van der Waals surface area (Å²) in [5, 5.41) is 8.06. The molecule has 6 nitrogen and oxygen atoms in total. The van der Waals surface area contributed by atoms with Gasteiger partial charge in [-0.2, -0.15) is 10.1 Å². The van der Waals surface area contributed by atoms with Gasteiger partial charge in [-0.3, -0.25) is 4.68 Å². The van der Waals surface area contributed by atoms with Crippen molar-refractivity contribution in [1.82, 2.24) is 19.9 Å². The van der Waals surface area contributed by atoms with Crippen LogP contribution in [0.25, 0.3) is 11.4 Å². The van der Waals surface area contributed by atoms with E-state index in [2.05, 4.69) is 31.2 Å². The van der Waals surface area contributed by atoms with Gasteiger partial charge in [0.2, 0.25) is 11.7 Å². The van der Waals surface area contributed by atoms with Crippen molar-refractivity contribution in [3.63, 3.8) is 0 Å². The fraction of sp³-hybridized carbons (Fsp3) is 0.154. The zero-order valence-corrected chi connectivity index (χ0v) is 12.3. The van der Waals surface area contributed by atoms with Crippen LogP contribution in [-0.2, 0) is 7.05 Å². The van der Waals surface area contributed by atoms with Crippen molar-refractivity contribution < 1.29 is 4.52 Å². The summed E-state index contributed by atoms with van der Waals surface area (Å²) < 4.78 is 7.84. The highest BCUT2D eigenvalue weighted by Gasteiger charge is 2.19. The second kappa shape index (κ2) is 5.18. The summed E-state index contributed by atoms with van der Waals surface area (Å²) in [5.74, 6) is 0.871. The van der Waals surface area contributed by atoms with Crippen LogP contribution < -0.4 is 5.73 Å². The van der Waals surface area contributed by atoms with Crippen LogP contribution in [0.2, 0.25) is 0 Å². The minimum atomic E-state index is -0.479. The molecule has 1 aromatic carbocycles. The van der Waals surface area contributed by atoms with E-state index < -0.39 is 6.04 Å². The molecule has 20 heavy (non-hydrogen) atoms. The highest BCUT2D eigenvalue weighted by atomic mass is 79.9.